The summed E-state index contributed by atoms with van der Waals surface area (Å²) in [6.07, 6.45) is -0.621. The molecule has 0 saturated carbocycles. The van der Waals surface area contributed by atoms with Crippen molar-refractivity contribution in [2.45, 2.75) is 43.9 Å². The van der Waals surface area contributed by atoms with E-state index in [9.17, 15) is 18.8 Å². The number of carbonyl (C=O) groups excluding carboxylic acids is 3. The Bertz CT molecular complexity index is 1160. The van der Waals surface area contributed by atoms with Crippen molar-refractivity contribution in [2.24, 2.45) is 11.8 Å². The summed E-state index contributed by atoms with van der Waals surface area (Å²) in [4.78, 5) is 41.6. The number of likely N-dealkylation sites (tertiary alicyclic amines) is 1. The van der Waals surface area contributed by atoms with E-state index in [1.165, 1.54) is 45.6 Å². The quantitative estimate of drug-likeness (QED) is 0.413. The van der Waals surface area contributed by atoms with E-state index in [1.54, 1.807) is 18.7 Å². The Morgan fingerprint density at radius 2 is 1.42 bits per heavy atom. The molecule has 38 heavy (non-hydrogen) atoms. The molecule has 2 fully saturated rings. The third-order valence-electron chi connectivity index (χ3n) is 7.18. The molecule has 2 aromatic carbocycles. The number of methoxy groups -OCH3 is 3. The lowest BCUT2D eigenvalue weighted by molar-refractivity contribution is -0.300. The highest BCUT2D eigenvalue weighted by Crippen LogP contribution is 2.51. The Balaban J connectivity index is 1.96. The topological polar surface area (TPSA) is 101 Å². The summed E-state index contributed by atoms with van der Waals surface area (Å²) in [5.74, 6) is -6.12. The van der Waals surface area contributed by atoms with Gasteiger partial charge in [0.25, 0.3) is 0 Å². The smallest absolute Gasteiger partial charge is 0.324 e. The van der Waals surface area contributed by atoms with Crippen LogP contribution in [0.3, 0.4) is 0 Å². The van der Waals surface area contributed by atoms with Crippen LogP contribution in [-0.4, -0.2) is 68.6 Å². The molecule has 0 amide bonds. The van der Waals surface area contributed by atoms with Gasteiger partial charge in [0.05, 0.1) is 51.9 Å². The van der Waals surface area contributed by atoms with Crippen molar-refractivity contribution in [1.29, 1.82) is 0 Å². The van der Waals surface area contributed by atoms with E-state index in [4.69, 9.17) is 23.7 Å². The number of rotatable bonds is 6. The molecule has 2 aliphatic rings. The van der Waals surface area contributed by atoms with Crippen LogP contribution in [0.5, 0.6) is 0 Å². The SMILES string of the molecule is COC(=O)[C@H]1[C@H](C(=O)OC)[C@@H](c2ccc(F)cc2)N([C@H]2COC(C)(C)O[C@H]2c2ccccc2)[C@@H]1C(=O)OC. The van der Waals surface area contributed by atoms with Crippen LogP contribution in [0.15, 0.2) is 54.6 Å². The van der Waals surface area contributed by atoms with Gasteiger partial charge in [0.1, 0.15) is 18.0 Å². The van der Waals surface area contributed by atoms with Crippen LogP contribution in [0.25, 0.3) is 0 Å². The highest BCUT2D eigenvalue weighted by molar-refractivity contribution is 5.91. The van der Waals surface area contributed by atoms with Gasteiger partial charge in [-0.1, -0.05) is 42.5 Å². The summed E-state index contributed by atoms with van der Waals surface area (Å²) < 4.78 is 41.7. The molecule has 6 atom stereocenters. The van der Waals surface area contributed by atoms with Gasteiger partial charge in [-0.2, -0.15) is 0 Å². The molecule has 9 nitrogen and oxygen atoms in total. The fraction of sp³-hybridized carbons (Fsp3) is 0.464. The number of benzene rings is 2. The van der Waals surface area contributed by atoms with Gasteiger partial charge in [0.15, 0.2) is 5.79 Å². The molecule has 0 spiro atoms. The van der Waals surface area contributed by atoms with E-state index in [0.29, 0.717) is 5.56 Å². The number of esters is 3. The average molecular weight is 530 g/mol. The molecular formula is C28H32FNO8. The maximum absolute atomic E-state index is 13.9. The van der Waals surface area contributed by atoms with Gasteiger partial charge in [0.2, 0.25) is 0 Å². The molecule has 0 radical (unpaired) electrons. The molecule has 0 bridgehead atoms. The summed E-state index contributed by atoms with van der Waals surface area (Å²) in [6.45, 7) is 3.67. The number of nitrogens with zero attached hydrogens (tertiary/aromatic N) is 1. The van der Waals surface area contributed by atoms with Crippen molar-refractivity contribution in [3.8, 4) is 0 Å². The fourth-order valence-electron chi connectivity index (χ4n) is 5.57. The van der Waals surface area contributed by atoms with Gasteiger partial charge >= 0.3 is 17.9 Å². The van der Waals surface area contributed by atoms with Crippen molar-refractivity contribution >= 4 is 17.9 Å². The van der Waals surface area contributed by atoms with E-state index in [2.05, 4.69) is 0 Å². The number of carbonyl (C=O) groups is 3. The minimum Gasteiger partial charge on any atom is -0.469 e. The first-order valence-corrected chi connectivity index (χ1v) is 12.3. The number of halogens is 1. The Morgan fingerprint density at radius 1 is 0.842 bits per heavy atom. The van der Waals surface area contributed by atoms with Gasteiger partial charge in [0, 0.05) is 0 Å². The van der Waals surface area contributed by atoms with Gasteiger partial charge in [-0.05, 0) is 37.1 Å². The predicted octanol–water partition coefficient (Wildman–Crippen LogP) is 3.20. The molecule has 2 aliphatic heterocycles. The molecule has 2 saturated heterocycles. The van der Waals surface area contributed by atoms with Crippen LogP contribution < -0.4 is 0 Å². The van der Waals surface area contributed by atoms with Crippen molar-refractivity contribution in [2.75, 3.05) is 27.9 Å². The minimum absolute atomic E-state index is 0.0968. The zero-order chi connectivity index (χ0) is 27.6. The van der Waals surface area contributed by atoms with E-state index < -0.39 is 65.6 Å². The van der Waals surface area contributed by atoms with Crippen LogP contribution in [-0.2, 0) is 38.1 Å². The summed E-state index contributed by atoms with van der Waals surface area (Å²) in [5.41, 5.74) is 1.31. The highest BCUT2D eigenvalue weighted by atomic mass is 19.1. The summed E-state index contributed by atoms with van der Waals surface area (Å²) in [7, 11) is 3.60. The van der Waals surface area contributed by atoms with Gasteiger partial charge < -0.3 is 23.7 Å². The molecule has 2 aromatic rings. The Labute approximate surface area is 220 Å². The lowest BCUT2D eigenvalue weighted by Gasteiger charge is -2.47. The molecule has 4 rings (SSSR count). The monoisotopic (exact) mass is 529 g/mol. The van der Waals surface area contributed by atoms with Crippen molar-refractivity contribution < 1.29 is 42.5 Å². The third kappa shape index (κ3) is 5.16. The van der Waals surface area contributed by atoms with Crippen LogP contribution in [0.4, 0.5) is 4.39 Å². The average Bonchev–Trinajstić information content (AvgIpc) is 3.28. The molecule has 10 heteroatoms. The fourth-order valence-corrected chi connectivity index (χ4v) is 5.57. The summed E-state index contributed by atoms with van der Waals surface area (Å²) in [5, 5.41) is 0. The molecule has 0 unspecified atom stereocenters. The Kier molecular flexibility index (Phi) is 8.15. The van der Waals surface area contributed by atoms with E-state index >= 15 is 0 Å². The largest absolute Gasteiger partial charge is 0.469 e. The second-order valence-corrected chi connectivity index (χ2v) is 9.74. The highest BCUT2D eigenvalue weighted by Gasteiger charge is 2.63. The Morgan fingerprint density at radius 3 is 2.00 bits per heavy atom. The van der Waals surface area contributed by atoms with Crippen molar-refractivity contribution in [3.05, 3.63) is 71.5 Å². The number of hydrogen-bond acceptors (Lipinski definition) is 9. The summed E-state index contributed by atoms with van der Waals surface area (Å²) in [6, 6.07) is 12.1. The van der Waals surface area contributed by atoms with Gasteiger partial charge in [-0.25, -0.2) is 4.39 Å². The molecule has 204 valence electrons. The van der Waals surface area contributed by atoms with Crippen LogP contribution in [0.1, 0.15) is 37.1 Å². The summed E-state index contributed by atoms with van der Waals surface area (Å²) >= 11 is 0. The normalized spacial score (nSPS) is 28.9. The Hall–Kier alpha value is -3.34. The lowest BCUT2D eigenvalue weighted by atomic mass is 9.84. The first kappa shape index (κ1) is 27.7. The number of hydrogen-bond donors (Lipinski definition) is 0. The number of ether oxygens (including phenoxy) is 5. The molecule has 0 aromatic heterocycles. The third-order valence-corrected chi connectivity index (χ3v) is 7.18. The molecule has 2 heterocycles. The van der Waals surface area contributed by atoms with Crippen LogP contribution >= 0.6 is 0 Å². The zero-order valence-corrected chi connectivity index (χ0v) is 22.0. The van der Waals surface area contributed by atoms with Gasteiger partial charge in [-0.3, -0.25) is 19.3 Å². The first-order valence-electron chi connectivity index (χ1n) is 12.3. The minimum atomic E-state index is -1.28. The standard InChI is InChI=1S/C28H32FNO8/c1-28(2)37-15-19(24(38-28)17-9-7-6-8-10-17)30-22(16-11-13-18(29)14-12-16)20(25(31)34-3)21(26(32)35-4)23(30)27(33)36-5/h6-14,19-24H,15H2,1-5H3/t19-,20-,21-,22+,23-,24-/m0/s1. The predicted molar refractivity (Wildman–Crippen MR) is 132 cm³/mol. The zero-order valence-electron chi connectivity index (χ0n) is 22.0. The second-order valence-electron chi connectivity index (χ2n) is 9.74. The van der Waals surface area contributed by atoms with Crippen molar-refractivity contribution in [3.63, 3.8) is 0 Å². The van der Waals surface area contributed by atoms with E-state index in [0.717, 1.165) is 5.56 Å². The van der Waals surface area contributed by atoms with Gasteiger partial charge in [-0.15, -0.1) is 0 Å². The maximum atomic E-state index is 13.9. The van der Waals surface area contributed by atoms with Crippen LogP contribution in [0, 0.1) is 17.7 Å². The molecule has 0 aliphatic carbocycles. The van der Waals surface area contributed by atoms with E-state index in [1.807, 2.05) is 30.3 Å². The van der Waals surface area contributed by atoms with Crippen molar-refractivity contribution in [1.82, 2.24) is 4.90 Å². The maximum Gasteiger partial charge on any atom is 0.324 e. The molecular weight excluding hydrogens is 497 g/mol. The first-order chi connectivity index (χ1) is 18.1. The van der Waals surface area contributed by atoms with E-state index in [-0.39, 0.29) is 6.61 Å². The second kappa shape index (κ2) is 11.2. The van der Waals surface area contributed by atoms with Crippen LogP contribution in [0.2, 0.25) is 0 Å². The lowest BCUT2D eigenvalue weighted by Crippen LogP contribution is -2.56. The molecule has 0 N–H and O–H groups in total.